The lowest BCUT2D eigenvalue weighted by Crippen LogP contribution is -2.39. The summed E-state index contributed by atoms with van der Waals surface area (Å²) < 4.78 is 31.5. The molecule has 2 amide bonds. The third kappa shape index (κ3) is 5.47. The Morgan fingerprint density at radius 3 is 2.74 bits per heavy atom. The number of nitrogens with one attached hydrogen (secondary N) is 2. The molecule has 2 aromatic carbocycles. The van der Waals surface area contributed by atoms with Gasteiger partial charge in [-0.05, 0) is 24.1 Å². The van der Waals surface area contributed by atoms with Crippen LogP contribution in [0.4, 0.5) is 25.1 Å². The fourth-order valence-corrected chi connectivity index (χ4v) is 3.55. The molecule has 4 rings (SSSR count). The van der Waals surface area contributed by atoms with Crippen molar-refractivity contribution in [3.05, 3.63) is 66.4 Å². The van der Waals surface area contributed by atoms with Crippen LogP contribution < -0.4 is 20.3 Å². The number of hydrogen-bond donors (Lipinski definition) is 2. The second-order valence-electron chi connectivity index (χ2n) is 7.16. The molecule has 8 nitrogen and oxygen atoms in total. The molecule has 2 heterocycles. The molecule has 1 unspecified atom stereocenters. The Hall–Kier alpha value is -3.69. The first-order chi connectivity index (χ1) is 15.1. The van der Waals surface area contributed by atoms with Gasteiger partial charge in [-0.25, -0.2) is 9.48 Å². The van der Waals surface area contributed by atoms with E-state index in [1.165, 1.54) is 6.07 Å². The Balaban J connectivity index is 1.30. The van der Waals surface area contributed by atoms with Gasteiger partial charge in [-0.1, -0.05) is 47.7 Å². The Kier molecular flexibility index (Phi) is 6.25. The molecule has 1 fully saturated rings. The number of alkyl halides is 2. The van der Waals surface area contributed by atoms with Crippen molar-refractivity contribution in [3.63, 3.8) is 0 Å². The van der Waals surface area contributed by atoms with E-state index in [1.54, 1.807) is 29.1 Å². The minimum absolute atomic E-state index is 0.123. The van der Waals surface area contributed by atoms with Crippen LogP contribution in [0.25, 0.3) is 0 Å². The number of para-hydroxylation sites is 2. The molecule has 1 aromatic heterocycles. The Bertz CT molecular complexity index is 1010. The van der Waals surface area contributed by atoms with Gasteiger partial charge in [-0.2, -0.15) is 8.78 Å². The number of ether oxygens (including phenoxy) is 1. The number of aromatic nitrogens is 3. The normalized spacial score (nSPS) is 15.8. The second kappa shape index (κ2) is 9.41. The van der Waals surface area contributed by atoms with Crippen molar-refractivity contribution >= 4 is 17.5 Å². The molecular weight excluding hydrogens is 406 g/mol. The molecule has 31 heavy (non-hydrogen) atoms. The zero-order chi connectivity index (χ0) is 21.6. The van der Waals surface area contributed by atoms with Crippen LogP contribution in [0.5, 0.6) is 5.75 Å². The third-order valence-electron chi connectivity index (χ3n) is 4.91. The second-order valence-corrected chi connectivity index (χ2v) is 7.16. The summed E-state index contributed by atoms with van der Waals surface area (Å²) in [5.74, 6) is 0.469. The van der Waals surface area contributed by atoms with E-state index < -0.39 is 12.6 Å². The van der Waals surface area contributed by atoms with E-state index >= 15 is 0 Å². The minimum atomic E-state index is -2.89. The van der Waals surface area contributed by atoms with Crippen LogP contribution in [-0.2, 0) is 6.54 Å². The summed E-state index contributed by atoms with van der Waals surface area (Å²) in [6.45, 7) is -1.24. The summed E-state index contributed by atoms with van der Waals surface area (Å²) in [7, 11) is 0. The fourth-order valence-electron chi connectivity index (χ4n) is 3.55. The summed E-state index contributed by atoms with van der Waals surface area (Å²) in [6, 6.07) is 15.9. The van der Waals surface area contributed by atoms with Crippen LogP contribution in [0.2, 0.25) is 0 Å². The number of halogens is 2. The molecule has 0 radical (unpaired) electrons. The van der Waals surface area contributed by atoms with E-state index in [4.69, 9.17) is 0 Å². The summed E-state index contributed by atoms with van der Waals surface area (Å²) in [5.41, 5.74) is 1.65. The SMILES string of the molecule is O=C(Nc1cn(Cc2ccccc2)nn1)NC1CCN(c2ccccc2OC(F)F)C1. The molecule has 10 heteroatoms. The number of rotatable bonds is 7. The summed E-state index contributed by atoms with van der Waals surface area (Å²) in [5, 5.41) is 13.6. The van der Waals surface area contributed by atoms with E-state index in [1.807, 2.05) is 35.2 Å². The largest absolute Gasteiger partial charge is 0.433 e. The standard InChI is InChI=1S/C21H22F2N6O2/c22-20(23)31-18-9-5-4-8-17(18)28-11-10-16(13-28)24-21(30)25-19-14-29(27-26-19)12-15-6-2-1-3-7-15/h1-9,14,16,20H,10-13H2,(H2,24,25,30). The highest BCUT2D eigenvalue weighted by Crippen LogP contribution is 2.31. The third-order valence-corrected chi connectivity index (χ3v) is 4.91. The van der Waals surface area contributed by atoms with Crippen molar-refractivity contribution in [3.8, 4) is 5.75 Å². The topological polar surface area (TPSA) is 84.3 Å². The van der Waals surface area contributed by atoms with Gasteiger partial charge in [0, 0.05) is 19.1 Å². The maximum atomic E-state index is 12.6. The average Bonchev–Trinajstić information content (AvgIpc) is 3.38. The van der Waals surface area contributed by atoms with Gasteiger partial charge >= 0.3 is 12.6 Å². The first-order valence-electron chi connectivity index (χ1n) is 9.87. The maximum absolute atomic E-state index is 12.6. The lowest BCUT2D eigenvalue weighted by atomic mass is 10.2. The summed E-state index contributed by atoms with van der Waals surface area (Å²) in [4.78, 5) is 14.3. The average molecular weight is 428 g/mol. The van der Waals surface area contributed by atoms with Crippen LogP contribution in [0.15, 0.2) is 60.8 Å². The monoisotopic (exact) mass is 428 g/mol. The quantitative estimate of drug-likeness (QED) is 0.603. The van der Waals surface area contributed by atoms with Crippen molar-refractivity contribution in [2.24, 2.45) is 0 Å². The molecular formula is C21H22F2N6O2. The Morgan fingerprint density at radius 2 is 1.94 bits per heavy atom. The van der Waals surface area contributed by atoms with Gasteiger partial charge in [0.25, 0.3) is 0 Å². The van der Waals surface area contributed by atoms with Gasteiger partial charge in [0.15, 0.2) is 5.82 Å². The minimum Gasteiger partial charge on any atom is -0.433 e. The molecule has 162 valence electrons. The van der Waals surface area contributed by atoms with E-state index in [-0.39, 0.29) is 11.8 Å². The molecule has 0 bridgehead atoms. The van der Waals surface area contributed by atoms with E-state index in [2.05, 4.69) is 25.7 Å². The highest BCUT2D eigenvalue weighted by Gasteiger charge is 2.26. The van der Waals surface area contributed by atoms with Crippen LogP contribution in [-0.4, -0.2) is 46.8 Å². The number of carbonyl (C=O) groups excluding carboxylic acids is 1. The molecule has 0 saturated carbocycles. The van der Waals surface area contributed by atoms with Gasteiger partial charge in [0.1, 0.15) is 5.75 Å². The number of benzene rings is 2. The molecule has 0 aliphatic carbocycles. The van der Waals surface area contributed by atoms with Gasteiger partial charge in [-0.15, -0.1) is 5.10 Å². The van der Waals surface area contributed by atoms with E-state index in [0.29, 0.717) is 37.6 Å². The van der Waals surface area contributed by atoms with Gasteiger partial charge in [0.05, 0.1) is 18.4 Å². The Labute approximate surface area is 177 Å². The molecule has 0 spiro atoms. The van der Waals surface area contributed by atoms with Crippen molar-refractivity contribution in [1.82, 2.24) is 20.3 Å². The highest BCUT2D eigenvalue weighted by molar-refractivity contribution is 5.88. The van der Waals surface area contributed by atoms with Crippen LogP contribution in [0.3, 0.4) is 0 Å². The molecule has 1 aliphatic heterocycles. The zero-order valence-electron chi connectivity index (χ0n) is 16.6. The molecule has 3 aromatic rings. The number of hydrogen-bond acceptors (Lipinski definition) is 5. The zero-order valence-corrected chi connectivity index (χ0v) is 16.6. The lowest BCUT2D eigenvalue weighted by Gasteiger charge is -2.22. The molecule has 1 saturated heterocycles. The van der Waals surface area contributed by atoms with Crippen molar-refractivity contribution in [2.45, 2.75) is 25.6 Å². The molecule has 1 atom stereocenters. The number of carbonyl (C=O) groups is 1. The summed E-state index contributed by atoms with van der Waals surface area (Å²) in [6.07, 6.45) is 2.34. The number of nitrogens with zero attached hydrogens (tertiary/aromatic N) is 4. The lowest BCUT2D eigenvalue weighted by molar-refractivity contribution is -0.0495. The first-order valence-corrected chi connectivity index (χ1v) is 9.87. The van der Waals surface area contributed by atoms with Gasteiger partial charge in [-0.3, -0.25) is 5.32 Å². The number of anilines is 2. The fraction of sp³-hybridized carbons (Fsp3) is 0.286. The van der Waals surface area contributed by atoms with Crippen molar-refractivity contribution < 1.29 is 18.3 Å². The van der Waals surface area contributed by atoms with Gasteiger partial charge in [0.2, 0.25) is 0 Å². The first kappa shape index (κ1) is 20.6. The van der Waals surface area contributed by atoms with E-state index in [9.17, 15) is 13.6 Å². The predicted octanol–water partition coefficient (Wildman–Crippen LogP) is 3.33. The number of urea groups is 1. The highest BCUT2D eigenvalue weighted by atomic mass is 19.3. The molecule has 2 N–H and O–H groups in total. The van der Waals surface area contributed by atoms with Crippen molar-refractivity contribution in [1.29, 1.82) is 0 Å². The van der Waals surface area contributed by atoms with Crippen LogP contribution in [0, 0.1) is 0 Å². The van der Waals surface area contributed by atoms with Crippen molar-refractivity contribution in [2.75, 3.05) is 23.3 Å². The Morgan fingerprint density at radius 1 is 1.16 bits per heavy atom. The smallest absolute Gasteiger partial charge is 0.387 e. The van der Waals surface area contributed by atoms with Crippen LogP contribution >= 0.6 is 0 Å². The maximum Gasteiger partial charge on any atom is 0.387 e. The predicted molar refractivity (Wildman–Crippen MR) is 111 cm³/mol. The van der Waals surface area contributed by atoms with Gasteiger partial charge < -0.3 is 15.0 Å². The summed E-state index contributed by atoms with van der Waals surface area (Å²) >= 11 is 0. The van der Waals surface area contributed by atoms with E-state index in [0.717, 1.165) is 5.56 Å². The molecule has 1 aliphatic rings. The van der Waals surface area contributed by atoms with Crippen LogP contribution in [0.1, 0.15) is 12.0 Å². The number of amides is 2.